The number of terminal acetylenes is 1. The van der Waals surface area contributed by atoms with E-state index in [1.54, 1.807) is 0 Å². The van der Waals surface area contributed by atoms with Crippen LogP contribution in [0.4, 0.5) is 17.2 Å². The number of nitrogens with zero attached hydrogens (tertiary/aromatic N) is 3. The Balaban J connectivity index is 1.68. The van der Waals surface area contributed by atoms with Crippen molar-refractivity contribution in [2.24, 2.45) is 0 Å². The molecule has 0 unspecified atom stereocenters. The summed E-state index contributed by atoms with van der Waals surface area (Å²) in [4.78, 5) is 23.5. The molecule has 0 bridgehead atoms. The van der Waals surface area contributed by atoms with Crippen LogP contribution in [0.5, 0.6) is 5.75 Å². The molecular weight excluding hydrogens is 442 g/mol. The second-order valence-corrected chi connectivity index (χ2v) is 8.52. The van der Waals surface area contributed by atoms with Gasteiger partial charge < -0.3 is 25.0 Å². The third-order valence-electron chi connectivity index (χ3n) is 5.49. The van der Waals surface area contributed by atoms with E-state index in [9.17, 15) is 4.79 Å². The number of amides is 1. The summed E-state index contributed by atoms with van der Waals surface area (Å²) in [7, 11) is 3.89. The number of rotatable bonds is 8. The molecule has 0 spiro atoms. The molecule has 1 saturated heterocycles. The number of hydrogen-bond acceptors (Lipinski definition) is 7. The lowest BCUT2D eigenvalue weighted by Crippen LogP contribution is -2.26. The molecule has 0 saturated carbocycles. The highest BCUT2D eigenvalue weighted by molar-refractivity contribution is 6.03. The maximum Gasteiger partial charge on any atom is 0.248 e. The molecule has 1 aliphatic rings. The second kappa shape index (κ2) is 11.5. The molecule has 3 aromatic rings. The van der Waals surface area contributed by atoms with Crippen molar-refractivity contribution >= 4 is 34.0 Å². The Morgan fingerprint density at radius 3 is 2.86 bits per heavy atom. The molecule has 8 heteroatoms. The maximum absolute atomic E-state index is 12.7. The summed E-state index contributed by atoms with van der Waals surface area (Å²) in [6.07, 6.45) is 12.0. The fourth-order valence-corrected chi connectivity index (χ4v) is 3.72. The zero-order chi connectivity index (χ0) is 24.6. The Hall–Kier alpha value is -3.93. The summed E-state index contributed by atoms with van der Waals surface area (Å²) in [5, 5.41) is 7.02. The van der Waals surface area contributed by atoms with E-state index in [4.69, 9.17) is 15.9 Å². The van der Waals surface area contributed by atoms with E-state index in [0.29, 0.717) is 42.5 Å². The van der Waals surface area contributed by atoms with Crippen molar-refractivity contribution in [2.75, 3.05) is 44.5 Å². The topological polar surface area (TPSA) is 88.6 Å². The van der Waals surface area contributed by atoms with Gasteiger partial charge in [-0.3, -0.25) is 4.79 Å². The van der Waals surface area contributed by atoms with Crippen LogP contribution in [-0.4, -0.2) is 60.7 Å². The van der Waals surface area contributed by atoms with E-state index in [1.807, 2.05) is 61.5 Å². The summed E-state index contributed by atoms with van der Waals surface area (Å²) >= 11 is 0. The van der Waals surface area contributed by atoms with Gasteiger partial charge in [-0.05, 0) is 38.4 Å². The molecule has 35 heavy (non-hydrogen) atoms. The Labute approximate surface area is 205 Å². The summed E-state index contributed by atoms with van der Waals surface area (Å²) in [5.41, 5.74) is 2.82. The normalized spacial score (nSPS) is 14.2. The molecule has 1 aromatic heterocycles. The number of fused-ring (bicyclic) bond motifs is 1. The lowest BCUT2D eigenvalue weighted by Gasteiger charge is -2.25. The number of anilines is 3. The molecule has 2 aromatic carbocycles. The summed E-state index contributed by atoms with van der Waals surface area (Å²) < 4.78 is 11.7. The minimum absolute atomic E-state index is 0.00655. The van der Waals surface area contributed by atoms with Gasteiger partial charge in [-0.25, -0.2) is 9.97 Å². The molecule has 4 rings (SSSR count). The fourth-order valence-electron chi connectivity index (χ4n) is 3.72. The van der Waals surface area contributed by atoms with Crippen LogP contribution in [0.3, 0.4) is 0 Å². The van der Waals surface area contributed by atoms with Crippen molar-refractivity contribution in [3.63, 3.8) is 0 Å². The molecule has 2 heterocycles. The molecule has 0 aliphatic carbocycles. The Bertz CT molecular complexity index is 1260. The number of nitrogens with one attached hydrogen (secondary N) is 2. The largest absolute Gasteiger partial charge is 0.488 e. The van der Waals surface area contributed by atoms with Crippen LogP contribution in [0.1, 0.15) is 18.4 Å². The highest BCUT2D eigenvalue weighted by Crippen LogP contribution is 2.35. The summed E-state index contributed by atoms with van der Waals surface area (Å²) in [6, 6.07) is 11.2. The molecule has 1 amide bonds. The van der Waals surface area contributed by atoms with E-state index in [2.05, 4.69) is 26.5 Å². The van der Waals surface area contributed by atoms with Crippen LogP contribution in [0.25, 0.3) is 10.9 Å². The first kappa shape index (κ1) is 24.2. The molecule has 8 nitrogen and oxygen atoms in total. The molecular formula is C27H29N5O3. The highest BCUT2D eigenvalue weighted by atomic mass is 16.5. The molecule has 180 valence electrons. The standard InChI is InChI=1S/C27H29N5O3/c1-4-19-7-5-8-20(15-19)30-27-22-16-24(31-26(33)9-6-12-32(2)3)25(17-23(22)28-18-29-27)35-21-10-13-34-14-11-21/h1,5-9,15-18,21H,10-14H2,2-3H3,(H,31,33)(H,28,29,30)/b9-6+. The minimum Gasteiger partial charge on any atom is -0.488 e. The minimum atomic E-state index is -0.240. The van der Waals surface area contributed by atoms with Crippen molar-refractivity contribution in [3.8, 4) is 18.1 Å². The predicted octanol–water partition coefficient (Wildman–Crippen LogP) is 3.97. The molecule has 0 atom stereocenters. The highest BCUT2D eigenvalue weighted by Gasteiger charge is 2.19. The van der Waals surface area contributed by atoms with Crippen molar-refractivity contribution < 1.29 is 14.3 Å². The first-order chi connectivity index (χ1) is 17.0. The Kier molecular flexibility index (Phi) is 7.93. The zero-order valence-electron chi connectivity index (χ0n) is 20.0. The van der Waals surface area contributed by atoms with Crippen molar-refractivity contribution in [1.29, 1.82) is 0 Å². The molecule has 0 radical (unpaired) electrons. The number of aromatic nitrogens is 2. The third-order valence-corrected chi connectivity index (χ3v) is 5.49. The van der Waals surface area contributed by atoms with Gasteiger partial charge in [0, 0.05) is 48.2 Å². The first-order valence-corrected chi connectivity index (χ1v) is 11.5. The SMILES string of the molecule is C#Cc1cccc(Nc2ncnc3cc(OC4CCOCC4)c(NC(=O)/C=C/CN(C)C)cc23)c1. The summed E-state index contributed by atoms with van der Waals surface area (Å²) in [6.45, 7) is 1.97. The molecule has 2 N–H and O–H groups in total. The quantitative estimate of drug-likeness (QED) is 0.380. The lowest BCUT2D eigenvalue weighted by molar-refractivity contribution is -0.111. The van der Waals surface area contributed by atoms with Crippen LogP contribution in [0.2, 0.25) is 0 Å². The van der Waals surface area contributed by atoms with E-state index in [-0.39, 0.29) is 12.0 Å². The van der Waals surface area contributed by atoms with Gasteiger partial charge in [0.15, 0.2) is 0 Å². The first-order valence-electron chi connectivity index (χ1n) is 11.5. The molecule has 1 aliphatic heterocycles. The van der Waals surface area contributed by atoms with Gasteiger partial charge in [0.2, 0.25) is 5.91 Å². The van der Waals surface area contributed by atoms with Gasteiger partial charge in [0.1, 0.15) is 24.0 Å². The van der Waals surface area contributed by atoms with Crippen LogP contribution < -0.4 is 15.4 Å². The van der Waals surface area contributed by atoms with Gasteiger partial charge in [-0.2, -0.15) is 0 Å². The Morgan fingerprint density at radius 2 is 2.09 bits per heavy atom. The number of benzene rings is 2. The fraction of sp³-hybridized carbons (Fsp3) is 0.296. The van der Waals surface area contributed by atoms with Gasteiger partial charge in [-0.1, -0.05) is 18.1 Å². The number of ether oxygens (including phenoxy) is 2. The predicted molar refractivity (Wildman–Crippen MR) is 138 cm³/mol. The lowest BCUT2D eigenvalue weighted by atomic mass is 10.1. The number of carbonyl (C=O) groups is 1. The van der Waals surface area contributed by atoms with Crippen molar-refractivity contribution in [2.45, 2.75) is 18.9 Å². The molecule has 1 fully saturated rings. The van der Waals surface area contributed by atoms with Crippen molar-refractivity contribution in [1.82, 2.24) is 14.9 Å². The van der Waals surface area contributed by atoms with Gasteiger partial charge in [0.05, 0.1) is 24.4 Å². The van der Waals surface area contributed by atoms with E-state index >= 15 is 0 Å². The average molecular weight is 472 g/mol. The van der Waals surface area contributed by atoms with Crippen LogP contribution in [0, 0.1) is 12.3 Å². The van der Waals surface area contributed by atoms with Gasteiger partial charge in [-0.15, -0.1) is 6.42 Å². The number of likely N-dealkylation sites (N-methyl/N-ethyl adjacent to an activating group) is 1. The van der Waals surface area contributed by atoms with Gasteiger partial charge >= 0.3 is 0 Å². The van der Waals surface area contributed by atoms with Crippen LogP contribution >= 0.6 is 0 Å². The van der Waals surface area contributed by atoms with E-state index < -0.39 is 0 Å². The van der Waals surface area contributed by atoms with E-state index in [0.717, 1.165) is 29.5 Å². The van der Waals surface area contributed by atoms with E-state index in [1.165, 1.54) is 12.4 Å². The average Bonchev–Trinajstić information content (AvgIpc) is 2.85. The van der Waals surface area contributed by atoms with Crippen LogP contribution in [-0.2, 0) is 9.53 Å². The number of hydrogen-bond donors (Lipinski definition) is 2. The Morgan fingerprint density at radius 1 is 1.26 bits per heavy atom. The third kappa shape index (κ3) is 6.57. The maximum atomic E-state index is 12.7. The monoisotopic (exact) mass is 471 g/mol. The number of carbonyl (C=O) groups excluding carboxylic acids is 1. The second-order valence-electron chi connectivity index (χ2n) is 8.52. The van der Waals surface area contributed by atoms with Crippen LogP contribution in [0.15, 0.2) is 54.9 Å². The smallest absolute Gasteiger partial charge is 0.248 e. The van der Waals surface area contributed by atoms with Crippen molar-refractivity contribution in [3.05, 3.63) is 60.4 Å². The van der Waals surface area contributed by atoms with Gasteiger partial charge in [0.25, 0.3) is 0 Å². The summed E-state index contributed by atoms with van der Waals surface area (Å²) in [5.74, 6) is 3.56. The zero-order valence-corrected chi connectivity index (χ0v) is 20.0.